The first-order valence-corrected chi connectivity index (χ1v) is 7.09. The monoisotopic (exact) mass is 266 g/mol. The van der Waals surface area contributed by atoms with Gasteiger partial charge in [0.25, 0.3) is 0 Å². The van der Waals surface area contributed by atoms with Crippen LogP contribution in [0.3, 0.4) is 0 Å². The molecule has 1 aromatic heterocycles. The molecular weight excluding hydrogens is 244 g/mol. The van der Waals surface area contributed by atoms with E-state index in [1.165, 1.54) is 44.6 Å². The Labute approximate surface area is 113 Å². The fourth-order valence-corrected chi connectivity index (χ4v) is 2.74. The van der Waals surface area contributed by atoms with Gasteiger partial charge in [-0.25, -0.2) is 4.79 Å². The van der Waals surface area contributed by atoms with E-state index in [1.807, 2.05) is 0 Å². The Kier molecular flexibility index (Phi) is 4.96. The van der Waals surface area contributed by atoms with Crippen LogP contribution in [0.15, 0.2) is 10.6 Å². The lowest BCUT2D eigenvalue weighted by Gasteiger charge is -2.23. The molecule has 106 valence electrons. The van der Waals surface area contributed by atoms with E-state index in [1.54, 1.807) is 0 Å². The quantitative estimate of drug-likeness (QED) is 0.801. The molecule has 0 amide bonds. The molecule has 0 bridgehead atoms. The zero-order valence-electron chi connectivity index (χ0n) is 11.4. The molecule has 1 atom stereocenters. The zero-order chi connectivity index (χ0) is 13.7. The minimum Gasteiger partial charge on any atom is -0.476 e. The Balaban J connectivity index is 1.81. The summed E-state index contributed by atoms with van der Waals surface area (Å²) in [4.78, 5) is 10.7. The Bertz CT molecular complexity index is 409. The average molecular weight is 266 g/mol. The lowest BCUT2D eigenvalue weighted by atomic mass is 9.93. The summed E-state index contributed by atoms with van der Waals surface area (Å²) in [7, 11) is 0. The van der Waals surface area contributed by atoms with E-state index in [4.69, 9.17) is 9.63 Å². The van der Waals surface area contributed by atoms with Crippen molar-refractivity contribution in [3.05, 3.63) is 17.5 Å². The third-order valence-corrected chi connectivity index (χ3v) is 3.98. The van der Waals surface area contributed by atoms with Crippen LogP contribution >= 0.6 is 0 Å². The first-order valence-electron chi connectivity index (χ1n) is 7.09. The number of rotatable bonds is 5. The van der Waals surface area contributed by atoms with Crippen molar-refractivity contribution in [1.29, 1.82) is 0 Å². The highest BCUT2D eigenvalue weighted by atomic mass is 16.5. The summed E-state index contributed by atoms with van der Waals surface area (Å²) in [6.07, 6.45) is 7.92. The van der Waals surface area contributed by atoms with Gasteiger partial charge < -0.3 is 14.9 Å². The van der Waals surface area contributed by atoms with Gasteiger partial charge in [-0.1, -0.05) is 30.8 Å². The number of nitrogens with zero attached hydrogens (tertiary/aromatic N) is 1. The lowest BCUT2D eigenvalue weighted by molar-refractivity contribution is 0.0685. The molecule has 1 heterocycles. The highest BCUT2D eigenvalue weighted by Crippen LogP contribution is 2.25. The van der Waals surface area contributed by atoms with Crippen LogP contribution in [0.1, 0.15) is 61.7 Å². The largest absolute Gasteiger partial charge is 0.476 e. The summed E-state index contributed by atoms with van der Waals surface area (Å²) in [5.74, 6) is 0.244. The van der Waals surface area contributed by atoms with E-state index in [9.17, 15) is 4.79 Å². The predicted octanol–water partition coefficient (Wildman–Crippen LogP) is 2.82. The van der Waals surface area contributed by atoms with Gasteiger partial charge in [0.2, 0.25) is 0 Å². The molecule has 0 spiro atoms. The molecule has 0 aromatic carbocycles. The smallest absolute Gasteiger partial charge is 0.358 e. The first-order chi connectivity index (χ1) is 9.16. The minimum atomic E-state index is -1.05. The van der Waals surface area contributed by atoms with Gasteiger partial charge >= 0.3 is 5.97 Å². The average Bonchev–Trinajstić information content (AvgIpc) is 2.70. The molecule has 1 aliphatic carbocycles. The zero-order valence-corrected chi connectivity index (χ0v) is 11.4. The molecule has 1 aromatic rings. The van der Waals surface area contributed by atoms with E-state index in [0.29, 0.717) is 24.3 Å². The SMILES string of the molecule is C[C@@H](NCc1cc(C(=O)O)no1)C1CCCCCC1. The van der Waals surface area contributed by atoms with Gasteiger partial charge in [-0.2, -0.15) is 0 Å². The molecule has 5 nitrogen and oxygen atoms in total. The van der Waals surface area contributed by atoms with E-state index >= 15 is 0 Å². The van der Waals surface area contributed by atoms with Crippen LogP contribution in [-0.2, 0) is 6.54 Å². The van der Waals surface area contributed by atoms with Crippen LogP contribution in [0.4, 0.5) is 0 Å². The third-order valence-electron chi connectivity index (χ3n) is 3.98. The van der Waals surface area contributed by atoms with Gasteiger partial charge in [0, 0.05) is 12.1 Å². The van der Waals surface area contributed by atoms with Crippen LogP contribution < -0.4 is 5.32 Å². The molecule has 2 rings (SSSR count). The number of aromatic carboxylic acids is 1. The van der Waals surface area contributed by atoms with Gasteiger partial charge in [-0.05, 0) is 25.7 Å². The molecule has 0 saturated heterocycles. The molecule has 0 radical (unpaired) electrons. The van der Waals surface area contributed by atoms with Crippen molar-refractivity contribution in [1.82, 2.24) is 10.5 Å². The highest BCUT2D eigenvalue weighted by Gasteiger charge is 2.19. The minimum absolute atomic E-state index is 0.0288. The molecule has 0 unspecified atom stereocenters. The number of hydrogen-bond donors (Lipinski definition) is 2. The van der Waals surface area contributed by atoms with E-state index in [2.05, 4.69) is 17.4 Å². The summed E-state index contributed by atoms with van der Waals surface area (Å²) in [6.45, 7) is 2.74. The fraction of sp³-hybridized carbons (Fsp3) is 0.714. The second-order valence-corrected chi connectivity index (χ2v) is 5.40. The Hall–Kier alpha value is -1.36. The van der Waals surface area contributed by atoms with Gasteiger partial charge in [0.05, 0.1) is 6.54 Å². The number of nitrogens with one attached hydrogen (secondary N) is 1. The predicted molar refractivity (Wildman–Crippen MR) is 71.0 cm³/mol. The van der Waals surface area contributed by atoms with Gasteiger partial charge in [0.15, 0.2) is 11.5 Å². The third kappa shape index (κ3) is 4.06. The maximum atomic E-state index is 10.7. The number of carboxylic acid groups (broad SMARTS) is 1. The standard InChI is InChI=1S/C14H22N2O3/c1-10(11-6-4-2-3-5-7-11)15-9-12-8-13(14(17)18)16-19-12/h8,10-11,15H,2-7,9H2,1H3,(H,17,18)/t10-/m1/s1. The number of hydrogen-bond acceptors (Lipinski definition) is 4. The van der Waals surface area contributed by atoms with Crippen molar-refractivity contribution in [3.63, 3.8) is 0 Å². The summed E-state index contributed by atoms with van der Waals surface area (Å²) in [5, 5.41) is 15.7. The maximum absolute atomic E-state index is 10.7. The molecule has 2 N–H and O–H groups in total. The maximum Gasteiger partial charge on any atom is 0.358 e. The Morgan fingerprint density at radius 3 is 2.74 bits per heavy atom. The van der Waals surface area contributed by atoms with Crippen LogP contribution in [0.5, 0.6) is 0 Å². The number of aromatic nitrogens is 1. The molecule has 5 heteroatoms. The Morgan fingerprint density at radius 2 is 2.16 bits per heavy atom. The number of carboxylic acids is 1. The van der Waals surface area contributed by atoms with Crippen molar-refractivity contribution in [2.75, 3.05) is 0 Å². The van der Waals surface area contributed by atoms with Crippen molar-refractivity contribution < 1.29 is 14.4 Å². The van der Waals surface area contributed by atoms with Crippen molar-refractivity contribution in [3.8, 4) is 0 Å². The summed E-state index contributed by atoms with van der Waals surface area (Å²) in [6, 6.07) is 1.91. The van der Waals surface area contributed by atoms with Crippen molar-refractivity contribution in [2.45, 2.75) is 58.0 Å². The van der Waals surface area contributed by atoms with Crippen LogP contribution in [0.2, 0.25) is 0 Å². The van der Waals surface area contributed by atoms with E-state index < -0.39 is 5.97 Å². The number of carbonyl (C=O) groups is 1. The molecule has 1 saturated carbocycles. The molecule has 1 fully saturated rings. The highest BCUT2D eigenvalue weighted by molar-refractivity contribution is 5.85. The summed E-state index contributed by atoms with van der Waals surface area (Å²) < 4.78 is 5.00. The van der Waals surface area contributed by atoms with Gasteiger partial charge in [0.1, 0.15) is 0 Å². The fourth-order valence-electron chi connectivity index (χ4n) is 2.74. The van der Waals surface area contributed by atoms with E-state index in [-0.39, 0.29) is 5.69 Å². The van der Waals surface area contributed by atoms with E-state index in [0.717, 1.165) is 0 Å². The van der Waals surface area contributed by atoms with Crippen LogP contribution in [-0.4, -0.2) is 22.3 Å². The summed E-state index contributed by atoms with van der Waals surface area (Å²) >= 11 is 0. The van der Waals surface area contributed by atoms with Gasteiger partial charge in [-0.3, -0.25) is 0 Å². The van der Waals surface area contributed by atoms with Crippen LogP contribution in [0, 0.1) is 5.92 Å². The topological polar surface area (TPSA) is 75.4 Å². The second kappa shape index (κ2) is 6.70. The van der Waals surface area contributed by atoms with Gasteiger partial charge in [-0.15, -0.1) is 0 Å². The normalized spacial score (nSPS) is 19.0. The Morgan fingerprint density at radius 1 is 1.47 bits per heavy atom. The molecule has 0 aliphatic heterocycles. The second-order valence-electron chi connectivity index (χ2n) is 5.40. The first kappa shape index (κ1) is 14.1. The van der Waals surface area contributed by atoms with Crippen molar-refractivity contribution in [2.24, 2.45) is 5.92 Å². The molecule has 1 aliphatic rings. The molecule has 19 heavy (non-hydrogen) atoms. The van der Waals surface area contributed by atoms with Crippen LogP contribution in [0.25, 0.3) is 0 Å². The molecular formula is C14H22N2O3. The van der Waals surface area contributed by atoms with Crippen molar-refractivity contribution >= 4 is 5.97 Å². The lowest BCUT2D eigenvalue weighted by Crippen LogP contribution is -2.32. The summed E-state index contributed by atoms with van der Waals surface area (Å²) in [5.41, 5.74) is -0.0288.